The van der Waals surface area contributed by atoms with E-state index in [0.717, 1.165) is 13.0 Å². The minimum absolute atomic E-state index is 0.197. The van der Waals surface area contributed by atoms with E-state index in [9.17, 15) is 9.59 Å². The van der Waals surface area contributed by atoms with Gasteiger partial charge < -0.3 is 9.80 Å². The first-order valence-corrected chi connectivity index (χ1v) is 5.26. The Morgan fingerprint density at radius 3 is 2.27 bits per heavy atom. The molecule has 0 aromatic carbocycles. The maximum absolute atomic E-state index is 11.3. The molecule has 0 spiro atoms. The second-order valence-corrected chi connectivity index (χ2v) is 3.83. The van der Waals surface area contributed by atoms with E-state index in [0.29, 0.717) is 6.54 Å². The molecular formula is C9H18ClN3O2. The molecule has 1 N–H and O–H groups in total. The maximum atomic E-state index is 11.3. The topological polar surface area (TPSA) is 52.6 Å². The number of halogens is 1. The van der Waals surface area contributed by atoms with Crippen LogP contribution in [0.4, 0.5) is 4.79 Å². The molecule has 0 bridgehead atoms. The second kappa shape index (κ2) is 7.48. The van der Waals surface area contributed by atoms with Crippen molar-refractivity contribution >= 4 is 23.5 Å². The van der Waals surface area contributed by atoms with Crippen molar-refractivity contribution in [3.05, 3.63) is 0 Å². The Morgan fingerprint density at radius 1 is 1.20 bits per heavy atom. The molecule has 0 unspecified atom stereocenters. The van der Waals surface area contributed by atoms with Crippen LogP contribution in [0.2, 0.25) is 0 Å². The van der Waals surface area contributed by atoms with Gasteiger partial charge in [0.05, 0.1) is 0 Å². The van der Waals surface area contributed by atoms with E-state index in [4.69, 9.17) is 11.6 Å². The van der Waals surface area contributed by atoms with Crippen molar-refractivity contribution in [3.8, 4) is 0 Å². The molecular weight excluding hydrogens is 218 g/mol. The minimum Gasteiger partial charge on any atom is -0.327 e. The summed E-state index contributed by atoms with van der Waals surface area (Å²) in [5.41, 5.74) is 0. The van der Waals surface area contributed by atoms with Crippen LogP contribution in [0.3, 0.4) is 0 Å². The van der Waals surface area contributed by atoms with Gasteiger partial charge in [0.25, 0.3) is 0 Å². The predicted octanol–water partition coefficient (Wildman–Crippen LogP) is 0.345. The van der Waals surface area contributed by atoms with Crippen molar-refractivity contribution in [2.75, 3.05) is 40.1 Å². The summed E-state index contributed by atoms with van der Waals surface area (Å²) in [5.74, 6) is -0.668. The third-order valence-electron chi connectivity index (χ3n) is 1.81. The van der Waals surface area contributed by atoms with E-state index in [1.165, 1.54) is 4.90 Å². The molecule has 0 heterocycles. The first-order chi connectivity index (χ1) is 6.97. The van der Waals surface area contributed by atoms with Gasteiger partial charge in [-0.05, 0) is 27.1 Å². The third-order valence-corrected chi connectivity index (χ3v) is 2.06. The summed E-state index contributed by atoms with van der Waals surface area (Å²) in [5, 5.41) is 2.17. The monoisotopic (exact) mass is 235 g/mol. The number of imide groups is 1. The molecule has 0 aromatic heterocycles. The number of carbonyl (C=O) groups is 2. The van der Waals surface area contributed by atoms with Crippen LogP contribution in [0.1, 0.15) is 6.42 Å². The van der Waals surface area contributed by atoms with Crippen molar-refractivity contribution in [1.82, 2.24) is 15.1 Å². The van der Waals surface area contributed by atoms with Gasteiger partial charge in [0.15, 0.2) is 0 Å². The van der Waals surface area contributed by atoms with Crippen LogP contribution in [0.15, 0.2) is 0 Å². The summed E-state index contributed by atoms with van der Waals surface area (Å²) in [6, 6.07) is -0.403. The average Bonchev–Trinajstić information content (AvgIpc) is 2.16. The van der Waals surface area contributed by atoms with Crippen LogP contribution < -0.4 is 5.32 Å². The number of carbonyl (C=O) groups excluding carboxylic acids is 2. The van der Waals surface area contributed by atoms with E-state index >= 15 is 0 Å². The summed E-state index contributed by atoms with van der Waals surface area (Å²) in [7, 11) is 5.58. The molecule has 0 aliphatic rings. The van der Waals surface area contributed by atoms with Crippen molar-refractivity contribution in [3.63, 3.8) is 0 Å². The average molecular weight is 236 g/mol. The molecule has 88 valence electrons. The molecule has 6 heteroatoms. The summed E-state index contributed by atoms with van der Waals surface area (Å²) < 4.78 is 0. The van der Waals surface area contributed by atoms with Crippen molar-refractivity contribution in [1.29, 1.82) is 0 Å². The molecule has 15 heavy (non-hydrogen) atoms. The zero-order valence-corrected chi connectivity index (χ0v) is 10.2. The highest BCUT2D eigenvalue weighted by Crippen LogP contribution is 1.90. The normalized spacial score (nSPS) is 10.2. The zero-order valence-electron chi connectivity index (χ0n) is 9.42. The number of alkyl halides is 1. The van der Waals surface area contributed by atoms with E-state index in [1.807, 2.05) is 19.0 Å². The molecule has 0 aliphatic carbocycles. The number of nitrogens with zero attached hydrogens (tertiary/aromatic N) is 2. The quantitative estimate of drug-likeness (QED) is 0.700. The van der Waals surface area contributed by atoms with Crippen LogP contribution in [0.25, 0.3) is 0 Å². The molecule has 0 atom stereocenters. The van der Waals surface area contributed by atoms with E-state index in [2.05, 4.69) is 5.32 Å². The largest absolute Gasteiger partial charge is 0.327 e. The van der Waals surface area contributed by atoms with Crippen LogP contribution in [-0.4, -0.2) is 61.9 Å². The fourth-order valence-corrected chi connectivity index (χ4v) is 1.04. The lowest BCUT2D eigenvalue weighted by molar-refractivity contribution is -0.117. The SMILES string of the molecule is CN(C)CCCN(C)C(=O)NC(=O)CCl. The first-order valence-electron chi connectivity index (χ1n) is 4.73. The van der Waals surface area contributed by atoms with E-state index in [-0.39, 0.29) is 5.88 Å². The molecule has 0 saturated heterocycles. The smallest absolute Gasteiger partial charge is 0.323 e. The Kier molecular flexibility index (Phi) is 7.07. The number of urea groups is 1. The number of amides is 3. The number of hydrogen-bond acceptors (Lipinski definition) is 3. The lowest BCUT2D eigenvalue weighted by Crippen LogP contribution is -2.42. The summed E-state index contributed by atoms with van der Waals surface area (Å²) in [4.78, 5) is 25.6. The van der Waals surface area contributed by atoms with Gasteiger partial charge in [-0.3, -0.25) is 10.1 Å². The Labute approximate surface area is 95.4 Å². The molecule has 0 aliphatic heterocycles. The molecule has 0 saturated carbocycles. The molecule has 5 nitrogen and oxygen atoms in total. The number of rotatable bonds is 5. The third kappa shape index (κ3) is 7.16. The van der Waals surface area contributed by atoms with Crippen LogP contribution in [0, 0.1) is 0 Å². The molecule has 0 fully saturated rings. The highest BCUT2D eigenvalue weighted by Gasteiger charge is 2.10. The standard InChI is InChI=1S/C9H18ClN3O2/c1-12(2)5-4-6-13(3)9(15)11-8(14)7-10/h4-7H2,1-3H3,(H,11,14,15). The second-order valence-electron chi connectivity index (χ2n) is 3.57. The summed E-state index contributed by atoms with van der Waals surface area (Å²) >= 11 is 5.26. The summed E-state index contributed by atoms with van der Waals surface area (Å²) in [6.07, 6.45) is 0.867. The minimum atomic E-state index is -0.471. The Hall–Kier alpha value is -0.810. The Bertz CT molecular complexity index is 221. The highest BCUT2D eigenvalue weighted by atomic mass is 35.5. The molecule has 0 aromatic rings. The number of nitrogens with one attached hydrogen (secondary N) is 1. The van der Waals surface area contributed by atoms with Gasteiger partial charge in [0.2, 0.25) is 5.91 Å². The first kappa shape index (κ1) is 14.2. The van der Waals surface area contributed by atoms with Crippen molar-refractivity contribution in [2.45, 2.75) is 6.42 Å². The Morgan fingerprint density at radius 2 is 1.80 bits per heavy atom. The van der Waals surface area contributed by atoms with Gasteiger partial charge >= 0.3 is 6.03 Å². The molecule has 0 rings (SSSR count). The zero-order chi connectivity index (χ0) is 11.8. The lowest BCUT2D eigenvalue weighted by atomic mass is 10.4. The number of hydrogen-bond donors (Lipinski definition) is 1. The lowest BCUT2D eigenvalue weighted by Gasteiger charge is -2.18. The van der Waals surface area contributed by atoms with E-state index < -0.39 is 11.9 Å². The molecule has 0 radical (unpaired) electrons. The predicted molar refractivity (Wildman–Crippen MR) is 60.1 cm³/mol. The highest BCUT2D eigenvalue weighted by molar-refractivity contribution is 6.28. The summed E-state index contributed by atoms with van der Waals surface area (Å²) in [6.45, 7) is 1.51. The van der Waals surface area contributed by atoms with Crippen LogP contribution in [0.5, 0.6) is 0 Å². The van der Waals surface area contributed by atoms with Crippen molar-refractivity contribution in [2.24, 2.45) is 0 Å². The van der Waals surface area contributed by atoms with Crippen LogP contribution in [-0.2, 0) is 4.79 Å². The van der Waals surface area contributed by atoms with Crippen LogP contribution >= 0.6 is 11.6 Å². The fourth-order valence-electron chi connectivity index (χ4n) is 0.974. The van der Waals surface area contributed by atoms with Gasteiger partial charge in [-0.15, -0.1) is 11.6 Å². The fraction of sp³-hybridized carbons (Fsp3) is 0.778. The molecule has 3 amide bonds. The Balaban J connectivity index is 3.74. The van der Waals surface area contributed by atoms with Gasteiger partial charge in [-0.2, -0.15) is 0 Å². The maximum Gasteiger partial charge on any atom is 0.323 e. The van der Waals surface area contributed by atoms with Crippen molar-refractivity contribution < 1.29 is 9.59 Å². The van der Waals surface area contributed by atoms with Gasteiger partial charge in [-0.25, -0.2) is 4.79 Å². The van der Waals surface area contributed by atoms with Gasteiger partial charge in [-0.1, -0.05) is 0 Å². The van der Waals surface area contributed by atoms with Gasteiger partial charge in [0.1, 0.15) is 5.88 Å². The van der Waals surface area contributed by atoms with Gasteiger partial charge in [0, 0.05) is 13.6 Å². The van der Waals surface area contributed by atoms with E-state index in [1.54, 1.807) is 7.05 Å².